The van der Waals surface area contributed by atoms with Crippen molar-refractivity contribution >= 4 is 11.8 Å². The number of hydrogen-bond acceptors (Lipinski definition) is 5. The van der Waals surface area contributed by atoms with Crippen LogP contribution in [0.5, 0.6) is 11.5 Å². The molecule has 2 unspecified atom stereocenters. The van der Waals surface area contributed by atoms with Crippen molar-refractivity contribution in [2.45, 2.75) is 25.3 Å². The number of carbonyl (C=O) groups is 2. The Morgan fingerprint density at radius 3 is 2.63 bits per heavy atom. The molecule has 1 aliphatic heterocycles. The summed E-state index contributed by atoms with van der Waals surface area (Å²) in [4.78, 5) is 32.0. The van der Waals surface area contributed by atoms with Crippen LogP contribution in [0.1, 0.15) is 30.0 Å². The average molecular weight is 409 g/mol. The number of ether oxygens (including phenoxy) is 2. The van der Waals surface area contributed by atoms with Crippen LogP contribution in [0.2, 0.25) is 0 Å². The van der Waals surface area contributed by atoms with E-state index in [0.29, 0.717) is 31.1 Å². The van der Waals surface area contributed by atoms with Crippen molar-refractivity contribution in [3.63, 3.8) is 0 Å². The molecule has 0 bridgehead atoms. The summed E-state index contributed by atoms with van der Waals surface area (Å²) in [6, 6.07) is 11.2. The van der Waals surface area contributed by atoms with Gasteiger partial charge in [-0.3, -0.25) is 14.6 Å². The summed E-state index contributed by atoms with van der Waals surface area (Å²) in [6.45, 7) is 1.29. The number of benzene rings is 1. The summed E-state index contributed by atoms with van der Waals surface area (Å²) in [7, 11) is 3.21. The van der Waals surface area contributed by atoms with E-state index in [4.69, 9.17) is 9.47 Å². The minimum absolute atomic E-state index is 0.0744. The first-order valence-corrected chi connectivity index (χ1v) is 10.3. The van der Waals surface area contributed by atoms with Gasteiger partial charge in [-0.25, -0.2) is 0 Å². The van der Waals surface area contributed by atoms with Crippen LogP contribution in [0, 0.1) is 11.8 Å². The Morgan fingerprint density at radius 1 is 1.13 bits per heavy atom. The first kappa shape index (κ1) is 20.2. The number of hydrogen-bond donors (Lipinski definition) is 1. The summed E-state index contributed by atoms with van der Waals surface area (Å²) >= 11 is 0. The quantitative estimate of drug-likeness (QED) is 0.759. The lowest BCUT2D eigenvalue weighted by Gasteiger charge is -2.21. The molecule has 4 rings (SSSR count). The highest BCUT2D eigenvalue weighted by Gasteiger charge is 2.44. The fraction of sp³-hybridized carbons (Fsp3) is 0.435. The van der Waals surface area contributed by atoms with Gasteiger partial charge >= 0.3 is 0 Å². The molecule has 2 aromatic rings. The maximum absolute atomic E-state index is 13.1. The molecule has 1 aromatic carbocycles. The van der Waals surface area contributed by atoms with Gasteiger partial charge in [-0.15, -0.1) is 0 Å². The lowest BCUT2D eigenvalue weighted by atomic mass is 9.87. The number of likely N-dealkylation sites (tertiary alicyclic amines) is 1. The molecule has 1 N–H and O–H groups in total. The van der Waals surface area contributed by atoms with Crippen LogP contribution in [0.3, 0.4) is 0 Å². The summed E-state index contributed by atoms with van der Waals surface area (Å²) in [5.74, 6) is 1.08. The fourth-order valence-corrected chi connectivity index (χ4v) is 4.09. The normalized spacial score (nSPS) is 20.7. The summed E-state index contributed by atoms with van der Waals surface area (Å²) in [6.07, 6.45) is 3.60. The number of aromatic nitrogens is 1. The maximum atomic E-state index is 13.1. The van der Waals surface area contributed by atoms with Gasteiger partial charge in [0.1, 0.15) is 11.5 Å². The van der Waals surface area contributed by atoms with Gasteiger partial charge in [-0.2, -0.15) is 0 Å². The van der Waals surface area contributed by atoms with Crippen LogP contribution in [-0.2, 0) is 16.1 Å². The van der Waals surface area contributed by atoms with E-state index in [1.54, 1.807) is 20.4 Å². The van der Waals surface area contributed by atoms with E-state index in [1.807, 2.05) is 41.3 Å². The van der Waals surface area contributed by atoms with E-state index in [0.717, 1.165) is 24.1 Å². The Labute approximate surface area is 176 Å². The third-order valence-corrected chi connectivity index (χ3v) is 5.90. The third-order valence-electron chi connectivity index (χ3n) is 5.90. The number of rotatable bonds is 7. The maximum Gasteiger partial charge on any atom is 0.225 e. The smallest absolute Gasteiger partial charge is 0.225 e. The fourth-order valence-electron chi connectivity index (χ4n) is 4.09. The number of amides is 2. The van der Waals surface area contributed by atoms with Crippen molar-refractivity contribution in [3.05, 3.63) is 53.9 Å². The number of nitrogens with one attached hydrogen (secondary N) is 1. The third kappa shape index (κ3) is 4.25. The Bertz CT molecular complexity index is 914. The van der Waals surface area contributed by atoms with Gasteiger partial charge in [0.15, 0.2) is 0 Å². The van der Waals surface area contributed by atoms with Gasteiger partial charge in [0.2, 0.25) is 11.8 Å². The van der Waals surface area contributed by atoms with E-state index >= 15 is 0 Å². The molecule has 1 aliphatic carbocycles. The highest BCUT2D eigenvalue weighted by Crippen LogP contribution is 2.41. The van der Waals surface area contributed by atoms with Crippen LogP contribution in [0.25, 0.3) is 0 Å². The highest BCUT2D eigenvalue weighted by atomic mass is 16.5. The molecule has 7 nitrogen and oxygen atoms in total. The van der Waals surface area contributed by atoms with Crippen molar-refractivity contribution in [3.8, 4) is 11.5 Å². The molecular weight excluding hydrogens is 382 g/mol. The Morgan fingerprint density at radius 2 is 1.97 bits per heavy atom. The predicted molar refractivity (Wildman–Crippen MR) is 111 cm³/mol. The average Bonchev–Trinajstić information content (AvgIpc) is 3.55. The molecule has 0 radical (unpaired) electrons. The predicted octanol–water partition coefficient (Wildman–Crippen LogP) is 2.37. The van der Waals surface area contributed by atoms with Crippen molar-refractivity contribution in [2.75, 3.05) is 27.3 Å². The minimum atomic E-state index is -0.348. The van der Waals surface area contributed by atoms with Crippen LogP contribution >= 0.6 is 0 Å². The zero-order valence-corrected chi connectivity index (χ0v) is 17.3. The molecule has 1 saturated carbocycles. The van der Waals surface area contributed by atoms with E-state index in [2.05, 4.69) is 10.3 Å². The van der Waals surface area contributed by atoms with Gasteiger partial charge in [0, 0.05) is 42.8 Å². The van der Waals surface area contributed by atoms with Crippen molar-refractivity contribution in [1.29, 1.82) is 0 Å². The van der Waals surface area contributed by atoms with Crippen molar-refractivity contribution in [1.82, 2.24) is 15.2 Å². The number of nitrogens with zero attached hydrogens (tertiary/aromatic N) is 2. The van der Waals surface area contributed by atoms with Gasteiger partial charge < -0.3 is 19.7 Å². The van der Waals surface area contributed by atoms with Gasteiger partial charge in [0.05, 0.1) is 32.4 Å². The van der Waals surface area contributed by atoms with Crippen molar-refractivity contribution < 1.29 is 19.1 Å². The minimum Gasteiger partial charge on any atom is -0.497 e. The van der Waals surface area contributed by atoms with Crippen LogP contribution < -0.4 is 14.8 Å². The lowest BCUT2D eigenvalue weighted by Crippen LogP contribution is -2.35. The van der Waals surface area contributed by atoms with Crippen LogP contribution in [0.4, 0.5) is 0 Å². The number of carbonyl (C=O) groups excluding carboxylic acids is 2. The number of pyridine rings is 1. The topological polar surface area (TPSA) is 80.8 Å². The molecule has 2 fully saturated rings. The monoisotopic (exact) mass is 409 g/mol. The Balaban J connectivity index is 1.56. The Kier molecular flexibility index (Phi) is 5.88. The molecule has 158 valence electrons. The zero-order valence-electron chi connectivity index (χ0n) is 17.3. The molecule has 2 atom stereocenters. The van der Waals surface area contributed by atoms with Crippen LogP contribution in [-0.4, -0.2) is 49.0 Å². The first-order valence-electron chi connectivity index (χ1n) is 10.3. The standard InChI is InChI=1S/C23H27N3O4/c1-29-17-8-9-18(21(11-17)30-2)19-13-26(23(28)15-6-7-15)14-20(19)22(27)25-12-16-5-3-4-10-24-16/h3-5,8-11,15,19-20H,6-7,12-14H2,1-2H3,(H,25,27). The van der Waals surface area contributed by atoms with Crippen molar-refractivity contribution in [2.24, 2.45) is 11.8 Å². The van der Waals surface area contributed by atoms with E-state index in [9.17, 15) is 9.59 Å². The Hall–Kier alpha value is -3.09. The molecular formula is C23H27N3O4. The summed E-state index contributed by atoms with van der Waals surface area (Å²) in [5.41, 5.74) is 1.72. The zero-order chi connectivity index (χ0) is 21.1. The van der Waals surface area contributed by atoms with Gasteiger partial charge in [-0.1, -0.05) is 12.1 Å². The van der Waals surface area contributed by atoms with E-state index < -0.39 is 0 Å². The van der Waals surface area contributed by atoms with Gasteiger partial charge in [0.25, 0.3) is 0 Å². The molecule has 2 heterocycles. The second kappa shape index (κ2) is 8.73. The second-order valence-corrected chi connectivity index (χ2v) is 7.88. The SMILES string of the molecule is COc1ccc(C2CN(C(=O)C3CC3)CC2C(=O)NCc2ccccn2)c(OC)c1. The molecule has 1 saturated heterocycles. The number of methoxy groups -OCH3 is 2. The van der Waals surface area contributed by atoms with Gasteiger partial charge in [-0.05, 0) is 31.0 Å². The largest absolute Gasteiger partial charge is 0.497 e. The van der Waals surface area contributed by atoms with E-state index in [1.165, 1.54) is 0 Å². The lowest BCUT2D eigenvalue weighted by molar-refractivity contribution is -0.132. The molecule has 1 aromatic heterocycles. The molecule has 30 heavy (non-hydrogen) atoms. The molecule has 7 heteroatoms. The van der Waals surface area contributed by atoms with Crippen LogP contribution in [0.15, 0.2) is 42.6 Å². The second-order valence-electron chi connectivity index (χ2n) is 7.88. The van der Waals surface area contributed by atoms with E-state index in [-0.39, 0.29) is 29.6 Å². The molecule has 2 amide bonds. The summed E-state index contributed by atoms with van der Waals surface area (Å²) in [5, 5.41) is 3.00. The highest BCUT2D eigenvalue weighted by molar-refractivity contribution is 5.85. The molecule has 0 spiro atoms. The first-order chi connectivity index (χ1) is 14.6. The summed E-state index contributed by atoms with van der Waals surface area (Å²) < 4.78 is 10.9. The molecule has 2 aliphatic rings.